The van der Waals surface area contributed by atoms with Crippen LogP contribution in [0.1, 0.15) is 290 Å². The van der Waals surface area contributed by atoms with E-state index in [1.54, 1.807) is 0 Å². The molecule has 0 amide bonds. The molecule has 1 saturated heterocycles. The molecule has 0 aromatic heterocycles. The highest BCUT2D eigenvalue weighted by molar-refractivity contribution is 5.74. The summed E-state index contributed by atoms with van der Waals surface area (Å²) in [5, 5.41) is 31.5. The molecule has 0 aliphatic carbocycles. The Bertz CT molecular complexity index is 1600. The number of aliphatic hydroxyl groups is 2. The maximum atomic E-state index is 13.2. The Morgan fingerprint density at radius 1 is 0.430 bits per heavy atom. The van der Waals surface area contributed by atoms with E-state index in [9.17, 15) is 34.5 Å². The first-order valence-corrected chi connectivity index (χ1v) is 32.3. The average Bonchev–Trinajstić information content (AvgIpc) is 3.46. The lowest BCUT2D eigenvalue weighted by Gasteiger charge is -2.40. The summed E-state index contributed by atoms with van der Waals surface area (Å²) < 4.78 is 28.5. The fourth-order valence-electron chi connectivity index (χ4n) is 9.65. The van der Waals surface area contributed by atoms with Crippen molar-refractivity contribution in [2.24, 2.45) is 0 Å². The van der Waals surface area contributed by atoms with E-state index < -0.39 is 67.3 Å². The SMILES string of the molecule is CC/C=C\C/C=C\C/C=C\CCCCCCCCCC(=O)OC(COC(=O)CCCCCCCCCCC/C=C\C/C=C\CCCCC)COC1OC(C(=O)O)C(O)C(O)C1OC(=O)CCCCCCCCCCCCCCC. The number of aliphatic carboxylic acids is 1. The molecular weight excluding hydrogens is 997 g/mol. The standard InChI is InChI=1S/C67H116O12/c1-4-7-10-13-16-19-22-25-27-29-30-32-33-36-38-41-44-47-50-53-59(68)75-56-58(77-60(69)54-51-48-45-42-40-37-34-31-28-26-23-20-17-14-11-8-5-2)57-76-67-65(63(72)62(71)64(79-67)66(73)74)78-61(70)55-52-49-46-43-39-35-24-21-18-15-12-9-6-3/h8,11,16-17,19-20,25-28,58,62-65,67,71-72H,4-7,9-10,12-15,18,21-24,29-57H2,1-3H3,(H,73,74)/b11-8-,19-16-,20-17-,27-25-,28-26-. The third-order valence-electron chi connectivity index (χ3n) is 14.6. The largest absolute Gasteiger partial charge is 0.479 e. The summed E-state index contributed by atoms with van der Waals surface area (Å²) in [5.74, 6) is -3.12. The van der Waals surface area contributed by atoms with Crippen molar-refractivity contribution in [1.29, 1.82) is 0 Å². The summed E-state index contributed by atoms with van der Waals surface area (Å²) in [6, 6.07) is 0. The van der Waals surface area contributed by atoms with Gasteiger partial charge in [-0.05, 0) is 83.5 Å². The zero-order valence-electron chi connectivity index (χ0n) is 50.4. The van der Waals surface area contributed by atoms with Crippen LogP contribution in [0.5, 0.6) is 0 Å². The number of hydrogen-bond donors (Lipinski definition) is 3. The number of esters is 3. The van der Waals surface area contributed by atoms with Gasteiger partial charge < -0.3 is 39.0 Å². The van der Waals surface area contributed by atoms with Gasteiger partial charge in [0.25, 0.3) is 0 Å². The van der Waals surface area contributed by atoms with E-state index >= 15 is 0 Å². The van der Waals surface area contributed by atoms with Gasteiger partial charge in [0.1, 0.15) is 18.8 Å². The van der Waals surface area contributed by atoms with Gasteiger partial charge in [0, 0.05) is 19.3 Å². The molecule has 0 spiro atoms. The van der Waals surface area contributed by atoms with Crippen LogP contribution in [0.15, 0.2) is 60.8 Å². The summed E-state index contributed by atoms with van der Waals surface area (Å²) in [6.45, 7) is 5.88. The zero-order valence-corrected chi connectivity index (χ0v) is 50.4. The van der Waals surface area contributed by atoms with Crippen LogP contribution >= 0.6 is 0 Å². The predicted molar refractivity (Wildman–Crippen MR) is 322 cm³/mol. The van der Waals surface area contributed by atoms with Gasteiger partial charge in [0.15, 0.2) is 24.6 Å². The third-order valence-corrected chi connectivity index (χ3v) is 14.6. The number of carbonyl (C=O) groups is 4. The van der Waals surface area contributed by atoms with E-state index in [0.717, 1.165) is 122 Å². The van der Waals surface area contributed by atoms with E-state index in [0.29, 0.717) is 19.3 Å². The second-order valence-corrected chi connectivity index (χ2v) is 22.0. The number of hydrogen-bond acceptors (Lipinski definition) is 11. The normalized spacial score (nSPS) is 18.2. The molecule has 456 valence electrons. The number of unbranched alkanes of at least 4 members (excludes halogenated alkanes) is 31. The molecule has 6 atom stereocenters. The Kier molecular flexibility index (Phi) is 51.1. The Balaban J connectivity index is 2.66. The van der Waals surface area contributed by atoms with Crippen molar-refractivity contribution in [1.82, 2.24) is 0 Å². The minimum absolute atomic E-state index is 0.0618. The second kappa shape index (κ2) is 55.0. The molecule has 1 aliphatic heterocycles. The van der Waals surface area contributed by atoms with Crippen LogP contribution < -0.4 is 0 Å². The molecule has 6 unspecified atom stereocenters. The third kappa shape index (κ3) is 44.7. The van der Waals surface area contributed by atoms with Crippen LogP contribution in [-0.4, -0.2) is 89.2 Å². The smallest absolute Gasteiger partial charge is 0.335 e. The van der Waals surface area contributed by atoms with Crippen LogP contribution in [0.4, 0.5) is 0 Å². The highest BCUT2D eigenvalue weighted by Crippen LogP contribution is 2.27. The van der Waals surface area contributed by atoms with Crippen molar-refractivity contribution < 1.29 is 58.2 Å². The molecule has 1 aliphatic rings. The molecule has 0 saturated carbocycles. The summed E-state index contributed by atoms with van der Waals surface area (Å²) in [6.07, 6.45) is 56.0. The molecule has 12 nitrogen and oxygen atoms in total. The minimum atomic E-state index is -1.90. The quantitative estimate of drug-likeness (QED) is 0.0228. The molecule has 12 heteroatoms. The lowest BCUT2D eigenvalue weighted by Crippen LogP contribution is -2.61. The highest BCUT2D eigenvalue weighted by Gasteiger charge is 2.50. The molecule has 3 N–H and O–H groups in total. The first-order valence-electron chi connectivity index (χ1n) is 32.3. The van der Waals surface area contributed by atoms with Crippen LogP contribution in [-0.2, 0) is 42.9 Å². The van der Waals surface area contributed by atoms with Crippen molar-refractivity contribution in [2.45, 2.75) is 327 Å². The molecule has 1 fully saturated rings. The van der Waals surface area contributed by atoms with Gasteiger partial charge in [-0.2, -0.15) is 0 Å². The van der Waals surface area contributed by atoms with Crippen LogP contribution in [0, 0.1) is 0 Å². The van der Waals surface area contributed by atoms with E-state index in [4.69, 9.17) is 23.7 Å². The first kappa shape index (κ1) is 73.4. The van der Waals surface area contributed by atoms with Crippen molar-refractivity contribution in [3.63, 3.8) is 0 Å². The van der Waals surface area contributed by atoms with Crippen molar-refractivity contribution in [3.8, 4) is 0 Å². The monoisotopic (exact) mass is 1110 g/mol. The molecule has 79 heavy (non-hydrogen) atoms. The van der Waals surface area contributed by atoms with Crippen molar-refractivity contribution in [3.05, 3.63) is 60.8 Å². The zero-order chi connectivity index (χ0) is 57.5. The number of carboxylic acid groups (broad SMARTS) is 1. The van der Waals surface area contributed by atoms with E-state index in [1.807, 2.05) is 0 Å². The van der Waals surface area contributed by atoms with Gasteiger partial charge in [-0.15, -0.1) is 0 Å². The molecular formula is C67H116O12. The average molecular weight is 1110 g/mol. The van der Waals surface area contributed by atoms with Gasteiger partial charge in [-0.3, -0.25) is 14.4 Å². The fourth-order valence-corrected chi connectivity index (χ4v) is 9.65. The lowest BCUT2D eigenvalue weighted by molar-refractivity contribution is -0.301. The maximum absolute atomic E-state index is 13.2. The van der Waals surface area contributed by atoms with Gasteiger partial charge in [-0.25, -0.2) is 4.79 Å². The maximum Gasteiger partial charge on any atom is 0.335 e. The number of allylic oxidation sites excluding steroid dienone is 10. The number of carbonyl (C=O) groups excluding carboxylic acids is 3. The highest BCUT2D eigenvalue weighted by atomic mass is 16.7. The Morgan fingerprint density at radius 3 is 1.24 bits per heavy atom. The van der Waals surface area contributed by atoms with Crippen LogP contribution in [0.2, 0.25) is 0 Å². The lowest BCUT2D eigenvalue weighted by atomic mass is 9.98. The summed E-state index contributed by atoms with van der Waals surface area (Å²) in [5.41, 5.74) is 0. The number of carboxylic acids is 1. The summed E-state index contributed by atoms with van der Waals surface area (Å²) >= 11 is 0. The summed E-state index contributed by atoms with van der Waals surface area (Å²) in [4.78, 5) is 51.3. The molecule has 0 bridgehead atoms. The Labute approximate surface area is 481 Å². The van der Waals surface area contributed by atoms with Gasteiger partial charge in [0.2, 0.25) is 0 Å². The predicted octanol–water partition coefficient (Wildman–Crippen LogP) is 17.1. The molecule has 0 aromatic carbocycles. The number of ether oxygens (including phenoxy) is 5. The Hall–Kier alpha value is -3.58. The van der Waals surface area contributed by atoms with E-state index in [-0.39, 0.29) is 25.9 Å². The Morgan fingerprint density at radius 2 is 0.797 bits per heavy atom. The molecule has 0 aromatic rings. The number of aliphatic hydroxyl groups excluding tert-OH is 2. The topological polar surface area (TPSA) is 175 Å². The van der Waals surface area contributed by atoms with E-state index in [2.05, 4.69) is 81.5 Å². The molecule has 1 rings (SSSR count). The number of rotatable bonds is 55. The van der Waals surface area contributed by atoms with Crippen LogP contribution in [0.3, 0.4) is 0 Å². The van der Waals surface area contributed by atoms with Gasteiger partial charge in [-0.1, -0.05) is 248 Å². The minimum Gasteiger partial charge on any atom is -0.479 e. The molecule has 0 radical (unpaired) electrons. The first-order chi connectivity index (χ1) is 38.6. The summed E-state index contributed by atoms with van der Waals surface area (Å²) in [7, 11) is 0. The van der Waals surface area contributed by atoms with Gasteiger partial charge in [0.05, 0.1) is 6.61 Å². The molecule has 1 heterocycles. The van der Waals surface area contributed by atoms with E-state index in [1.165, 1.54) is 109 Å². The van der Waals surface area contributed by atoms with Crippen molar-refractivity contribution in [2.75, 3.05) is 13.2 Å². The van der Waals surface area contributed by atoms with Gasteiger partial charge >= 0.3 is 23.9 Å². The van der Waals surface area contributed by atoms with Crippen LogP contribution in [0.25, 0.3) is 0 Å². The second-order valence-electron chi connectivity index (χ2n) is 22.0. The fraction of sp³-hybridized carbons (Fsp3) is 0.791. The van der Waals surface area contributed by atoms with Crippen molar-refractivity contribution >= 4 is 23.9 Å².